The maximum atomic E-state index is 14.6. The van der Waals surface area contributed by atoms with E-state index >= 15 is 0 Å². The van der Waals surface area contributed by atoms with Crippen LogP contribution >= 0.6 is 0 Å². The lowest BCUT2D eigenvalue weighted by Crippen LogP contribution is -2.61. The number of rotatable bonds is 41. The number of carbonyl (C=O) groups excluding carboxylic acids is 9. The number of carboxylic acids is 4. The summed E-state index contributed by atoms with van der Waals surface area (Å²) in [5.41, 5.74) is 34.8. The quantitative estimate of drug-likeness (QED) is 0.0112. The van der Waals surface area contributed by atoms with Crippen LogP contribution in [0.4, 0.5) is 0 Å². The maximum absolute atomic E-state index is 14.6. The molecule has 1 aromatic heterocycles. The van der Waals surface area contributed by atoms with E-state index in [9.17, 15) is 93.0 Å². The highest BCUT2D eigenvalue weighted by molar-refractivity contribution is 6.00. The average Bonchev–Trinajstić information content (AvgIpc) is 1.78. The van der Waals surface area contributed by atoms with Gasteiger partial charge in [0.25, 0.3) is 0 Å². The van der Waals surface area contributed by atoms with E-state index < -0.39 is 176 Å². The molecule has 9 atom stereocenters. The first-order valence-electron chi connectivity index (χ1n) is 29.5. The van der Waals surface area contributed by atoms with Gasteiger partial charge in [0.1, 0.15) is 59.8 Å². The van der Waals surface area contributed by atoms with Gasteiger partial charge in [0.2, 0.25) is 53.2 Å². The van der Waals surface area contributed by atoms with Crippen molar-refractivity contribution >= 4 is 99.9 Å². The summed E-state index contributed by atoms with van der Waals surface area (Å²) in [6, 6.07) is 1.43. The molecule has 0 saturated carbocycles. The topological polar surface area (TPSA) is 636 Å². The Kier molecular flexibility index (Phi) is 30.1. The molecule has 4 aromatic rings. The summed E-state index contributed by atoms with van der Waals surface area (Å²) in [6.45, 7) is 0.0998. The number of aliphatic carboxylic acids is 4. The smallest absolute Gasteiger partial charge is 0.326 e. The molecule has 0 unspecified atom stereocenters. The normalized spacial score (nSPS) is 13.7. The zero-order chi connectivity index (χ0) is 70.5. The van der Waals surface area contributed by atoms with Crippen LogP contribution in [0.15, 0.2) is 89.0 Å². The molecular formula is C59H79N17O19. The number of aliphatic imine (C=N–C) groups is 2. The minimum atomic E-state index is -2.25. The third-order valence-corrected chi connectivity index (χ3v) is 14.2. The van der Waals surface area contributed by atoms with Crippen LogP contribution in [0.1, 0.15) is 80.9 Å². The van der Waals surface area contributed by atoms with Gasteiger partial charge in [-0.2, -0.15) is 0 Å². The number of primary amides is 1. The number of hydrogen-bond acceptors (Lipinski definition) is 18. The Bertz CT molecular complexity index is 3450. The highest BCUT2D eigenvalue weighted by Crippen LogP contribution is 2.21. The zero-order valence-corrected chi connectivity index (χ0v) is 51.2. The number of nitrogens with zero attached hydrogens (tertiary/aromatic N) is 2. The van der Waals surface area contributed by atoms with E-state index in [-0.39, 0.29) is 80.6 Å². The van der Waals surface area contributed by atoms with E-state index in [2.05, 4.69) is 57.5 Å². The molecule has 0 radical (unpaired) electrons. The summed E-state index contributed by atoms with van der Waals surface area (Å²) in [7, 11) is 0. The average molecular weight is 1330 g/mol. The van der Waals surface area contributed by atoms with Crippen molar-refractivity contribution in [3.05, 3.63) is 95.7 Å². The Labute approximate surface area is 541 Å². The number of nitrogens with one attached hydrogen (secondary N) is 9. The van der Waals surface area contributed by atoms with Gasteiger partial charge in [-0.1, -0.05) is 42.5 Å². The Hall–Kier alpha value is -11.6. The molecule has 36 heteroatoms. The minimum Gasteiger partial charge on any atom is -0.508 e. The highest BCUT2D eigenvalue weighted by Gasteiger charge is 2.37. The number of guanidine groups is 2. The molecule has 0 bridgehead atoms. The number of H-pyrrole nitrogens is 1. The van der Waals surface area contributed by atoms with Gasteiger partial charge in [0, 0.05) is 62.3 Å². The van der Waals surface area contributed by atoms with Gasteiger partial charge in [0.15, 0.2) is 11.9 Å². The van der Waals surface area contributed by atoms with E-state index in [0.717, 1.165) is 0 Å². The van der Waals surface area contributed by atoms with Crippen LogP contribution in [-0.4, -0.2) is 192 Å². The molecule has 36 nitrogen and oxygen atoms in total. The van der Waals surface area contributed by atoms with Crippen LogP contribution in [0.2, 0.25) is 0 Å². The molecule has 1 heterocycles. The molecule has 95 heavy (non-hydrogen) atoms. The Morgan fingerprint density at radius 1 is 0.421 bits per heavy atom. The molecule has 0 spiro atoms. The molecular weight excluding hydrogens is 1250 g/mol. The highest BCUT2D eigenvalue weighted by atomic mass is 16.4. The molecule has 0 aliphatic heterocycles. The summed E-state index contributed by atoms with van der Waals surface area (Å²) < 4.78 is 0. The van der Waals surface area contributed by atoms with E-state index in [4.69, 9.17) is 34.4 Å². The number of para-hydroxylation sites is 1. The van der Waals surface area contributed by atoms with Crippen LogP contribution in [0, 0.1) is 0 Å². The molecule has 514 valence electrons. The number of nitrogens with two attached hydrogens (primary N) is 6. The first-order valence-corrected chi connectivity index (χ1v) is 29.5. The molecule has 0 saturated heterocycles. The number of aromatic hydroxyl groups is 2. The van der Waals surface area contributed by atoms with Gasteiger partial charge in [0.05, 0.1) is 18.9 Å². The lowest BCUT2D eigenvalue weighted by molar-refractivity contribution is -0.143. The number of phenols is 2. The standard InChI is InChI=1S/C59H79N17O19/c60-35(6-3-21-66-58(62)63)49(86)72-40(23-29-9-13-32(77)14-10-29)52(89)70-37(17-19-46(80)81)50(87)69-38(18-20-47(82)83)51(88)76-44(27-48(84)85)56(93)75-43(26-45(61)79)55(92)73-41(24-30-11-15-33(78)16-12-30)53(90)74-42(25-31-28-68-36-7-2-1-5-34(31)36)54(91)71-39(57(94)95)8-4-22-67-59(64)65/h1-2,5,7,9-16,28,35,37-44,68,77-78H,3-4,6,8,17-27,60H2,(H2,61,79)(H,69,87)(H,70,89)(H,71,91)(H,72,86)(H,73,92)(H,74,90)(H,75,93)(H,76,88)(H,80,81)(H,82,83)(H,84,85)(H,94,95)(H4,62,63,66)(H4,64,65,67)/t35-,37-,38-,39-,40-,41-,42-,43-,44-/m0/s1. The van der Waals surface area contributed by atoms with Crippen molar-refractivity contribution in [2.75, 3.05) is 13.1 Å². The van der Waals surface area contributed by atoms with Gasteiger partial charge in [-0.05, 0) is 85.5 Å². The van der Waals surface area contributed by atoms with Crippen LogP contribution in [0.25, 0.3) is 10.9 Å². The first kappa shape index (κ1) is 75.9. The van der Waals surface area contributed by atoms with Crippen molar-refractivity contribution < 1.29 is 93.0 Å². The molecule has 0 aliphatic carbocycles. The summed E-state index contributed by atoms with van der Waals surface area (Å²) in [5, 5.41) is 78.4. The van der Waals surface area contributed by atoms with E-state index in [1.54, 1.807) is 30.5 Å². The van der Waals surface area contributed by atoms with E-state index in [1.807, 2.05) is 0 Å². The van der Waals surface area contributed by atoms with Gasteiger partial charge in [-0.25, -0.2) is 4.79 Å². The van der Waals surface area contributed by atoms with Crippen molar-refractivity contribution in [3.8, 4) is 11.5 Å². The van der Waals surface area contributed by atoms with Crippen LogP contribution in [0.3, 0.4) is 0 Å². The summed E-state index contributed by atoms with van der Waals surface area (Å²) in [6.07, 6.45) is -4.92. The molecule has 3 aromatic carbocycles. The molecule has 0 aliphatic rings. The fraction of sp³-hybridized carbons (Fsp3) is 0.407. The number of aromatic amines is 1. The number of carboxylic acid groups (broad SMARTS) is 4. The van der Waals surface area contributed by atoms with Gasteiger partial charge in [-0.3, -0.25) is 67.5 Å². The first-order chi connectivity index (χ1) is 44.9. The van der Waals surface area contributed by atoms with Crippen molar-refractivity contribution in [2.24, 2.45) is 44.4 Å². The number of carbonyl (C=O) groups is 13. The minimum absolute atomic E-state index is 0.00205. The summed E-state index contributed by atoms with van der Waals surface area (Å²) in [4.78, 5) is 185. The molecule has 9 amide bonds. The SMILES string of the molecule is NC(=O)C[C@H](NC(=O)[C@H](CC(=O)O)NC(=O)[C@H](CCC(=O)O)NC(=O)[C@H](CCC(=O)O)NC(=O)[C@H](Cc1ccc(O)cc1)NC(=O)[C@@H](N)CCCN=C(N)N)C(=O)N[C@@H](Cc1ccc(O)cc1)C(=O)N[C@@H](Cc1c[nH]c2ccccc12)C(=O)N[C@@H](CCCN=C(N)N)C(=O)O. The molecule has 4 rings (SSSR count). The largest absolute Gasteiger partial charge is 0.508 e. The van der Waals surface area contributed by atoms with Crippen LogP contribution in [0.5, 0.6) is 11.5 Å². The second kappa shape index (κ2) is 37.7. The second-order valence-corrected chi connectivity index (χ2v) is 21.8. The third kappa shape index (κ3) is 27.0. The van der Waals surface area contributed by atoms with Crippen LogP contribution < -0.4 is 76.9 Å². The van der Waals surface area contributed by atoms with Crippen molar-refractivity contribution in [3.63, 3.8) is 0 Å². The fourth-order valence-electron chi connectivity index (χ4n) is 9.35. The molecule has 0 fully saturated rings. The Morgan fingerprint density at radius 2 is 0.800 bits per heavy atom. The van der Waals surface area contributed by atoms with Gasteiger partial charge >= 0.3 is 23.9 Å². The predicted octanol–water partition coefficient (Wildman–Crippen LogP) is -4.92. The van der Waals surface area contributed by atoms with Crippen molar-refractivity contribution in [1.82, 2.24) is 47.5 Å². The maximum Gasteiger partial charge on any atom is 0.326 e. The summed E-state index contributed by atoms with van der Waals surface area (Å²) >= 11 is 0. The second-order valence-electron chi connectivity index (χ2n) is 21.8. The number of aromatic nitrogens is 1. The number of amides is 9. The third-order valence-electron chi connectivity index (χ3n) is 14.2. The van der Waals surface area contributed by atoms with E-state index in [1.165, 1.54) is 48.5 Å². The monoisotopic (exact) mass is 1330 g/mol. The number of hydrogen-bond donors (Lipinski definition) is 21. The molecule has 27 N–H and O–H groups in total. The number of phenolic OH excluding ortho intramolecular Hbond substituents is 2. The number of fused-ring (bicyclic) bond motifs is 1. The van der Waals surface area contributed by atoms with E-state index in [0.29, 0.717) is 22.0 Å². The van der Waals surface area contributed by atoms with Crippen LogP contribution in [-0.2, 0) is 81.6 Å². The predicted molar refractivity (Wildman–Crippen MR) is 336 cm³/mol. The van der Waals surface area contributed by atoms with Crippen molar-refractivity contribution in [2.45, 2.75) is 138 Å². The fourth-order valence-corrected chi connectivity index (χ4v) is 9.35. The number of benzene rings is 3. The Morgan fingerprint density at radius 3 is 1.23 bits per heavy atom. The Balaban J connectivity index is 1.65. The zero-order valence-electron chi connectivity index (χ0n) is 51.2. The lowest BCUT2D eigenvalue weighted by atomic mass is 10.0. The van der Waals surface area contributed by atoms with Crippen molar-refractivity contribution in [1.29, 1.82) is 0 Å². The lowest BCUT2D eigenvalue weighted by Gasteiger charge is -2.28. The van der Waals surface area contributed by atoms with Gasteiger partial charge < -0.3 is 113 Å². The summed E-state index contributed by atoms with van der Waals surface area (Å²) in [5.74, 6) is -18.1. The van der Waals surface area contributed by atoms with Gasteiger partial charge in [-0.15, -0.1) is 0 Å².